The van der Waals surface area contributed by atoms with Crippen LogP contribution in [0.1, 0.15) is 56.4 Å². The second-order valence-electron chi connectivity index (χ2n) is 6.46. The Labute approximate surface area is 131 Å². The summed E-state index contributed by atoms with van der Waals surface area (Å²) in [6, 6.07) is 0. The van der Waals surface area contributed by atoms with Crippen LogP contribution < -0.4 is 10.6 Å². The van der Waals surface area contributed by atoms with E-state index in [4.69, 9.17) is 0 Å². The van der Waals surface area contributed by atoms with Crippen molar-refractivity contribution in [1.29, 1.82) is 0 Å². The summed E-state index contributed by atoms with van der Waals surface area (Å²) in [5.41, 5.74) is 0.907. The molecular formula is C16H26N4O2. The molecule has 0 radical (unpaired) electrons. The summed E-state index contributed by atoms with van der Waals surface area (Å²) >= 11 is 0. The maximum atomic E-state index is 12.3. The molecule has 122 valence electrons. The van der Waals surface area contributed by atoms with Gasteiger partial charge in [0.25, 0.3) is 5.91 Å². The number of aromatic nitrogens is 2. The highest BCUT2D eigenvalue weighted by molar-refractivity contribution is 6.02. The van der Waals surface area contributed by atoms with Crippen molar-refractivity contribution < 1.29 is 9.59 Å². The van der Waals surface area contributed by atoms with Crippen molar-refractivity contribution in [1.82, 2.24) is 15.1 Å². The van der Waals surface area contributed by atoms with E-state index in [2.05, 4.69) is 15.7 Å². The molecule has 0 aliphatic heterocycles. The summed E-state index contributed by atoms with van der Waals surface area (Å²) in [5, 5.41) is 9.86. The molecule has 0 atom stereocenters. The predicted molar refractivity (Wildman–Crippen MR) is 85.6 cm³/mol. The zero-order valence-electron chi connectivity index (χ0n) is 13.7. The number of amides is 2. The summed E-state index contributed by atoms with van der Waals surface area (Å²) in [4.78, 5) is 24.6. The fourth-order valence-electron chi connectivity index (χ4n) is 2.78. The molecule has 6 heteroatoms. The largest absolute Gasteiger partial charge is 0.350 e. The van der Waals surface area contributed by atoms with Crippen LogP contribution >= 0.6 is 0 Å². The minimum atomic E-state index is -0.201. The molecule has 1 fully saturated rings. The fraction of sp³-hybridized carbons (Fsp3) is 0.688. The van der Waals surface area contributed by atoms with Crippen molar-refractivity contribution in [3.8, 4) is 0 Å². The Morgan fingerprint density at radius 2 is 2.00 bits per heavy atom. The number of hydrogen-bond donors (Lipinski definition) is 2. The average molecular weight is 306 g/mol. The lowest BCUT2D eigenvalue weighted by molar-refractivity contribution is -0.120. The van der Waals surface area contributed by atoms with Crippen LogP contribution in [-0.4, -0.2) is 28.1 Å². The molecule has 1 saturated carbocycles. The second kappa shape index (κ2) is 7.42. The van der Waals surface area contributed by atoms with Crippen LogP contribution in [0.2, 0.25) is 0 Å². The van der Waals surface area contributed by atoms with E-state index in [0.29, 0.717) is 23.8 Å². The van der Waals surface area contributed by atoms with Gasteiger partial charge in [0.2, 0.25) is 5.91 Å². The van der Waals surface area contributed by atoms with E-state index in [-0.39, 0.29) is 17.7 Å². The Morgan fingerprint density at radius 1 is 1.32 bits per heavy atom. The topological polar surface area (TPSA) is 76.0 Å². The monoisotopic (exact) mass is 306 g/mol. The van der Waals surface area contributed by atoms with Crippen molar-refractivity contribution in [3.05, 3.63) is 11.9 Å². The molecule has 0 bridgehead atoms. The lowest BCUT2D eigenvalue weighted by Gasteiger charge is -2.20. The van der Waals surface area contributed by atoms with Crippen molar-refractivity contribution in [2.45, 2.75) is 46.0 Å². The number of carbonyl (C=O) groups excluding carboxylic acids is 2. The fourth-order valence-corrected chi connectivity index (χ4v) is 2.78. The van der Waals surface area contributed by atoms with Crippen molar-refractivity contribution >= 4 is 17.5 Å². The lowest BCUT2D eigenvalue weighted by atomic mass is 9.88. The molecule has 22 heavy (non-hydrogen) atoms. The molecule has 6 nitrogen and oxygen atoms in total. The molecule has 0 aromatic carbocycles. The first kappa shape index (κ1) is 16.5. The first-order valence-electron chi connectivity index (χ1n) is 8.10. The highest BCUT2D eigenvalue weighted by atomic mass is 16.2. The van der Waals surface area contributed by atoms with Crippen molar-refractivity contribution in [2.24, 2.45) is 18.9 Å². The standard InChI is InChI=1S/C16H26N4O2/c1-11(2)9-17-16(22)14-13(10-18-20(14)3)19-15(21)12-7-5-4-6-8-12/h10-12H,4-9H2,1-3H3,(H,17,22)(H,19,21). The van der Waals surface area contributed by atoms with Gasteiger partial charge in [-0.15, -0.1) is 0 Å². The SMILES string of the molecule is CC(C)CNC(=O)c1c(NC(=O)C2CCCCC2)cnn1C. The number of anilines is 1. The third kappa shape index (κ3) is 4.08. The average Bonchev–Trinajstić information content (AvgIpc) is 2.86. The first-order chi connectivity index (χ1) is 10.5. The molecule has 1 aliphatic rings. The van der Waals surface area contributed by atoms with Gasteiger partial charge in [-0.1, -0.05) is 33.1 Å². The third-order valence-electron chi connectivity index (χ3n) is 4.06. The van der Waals surface area contributed by atoms with E-state index in [1.807, 2.05) is 13.8 Å². The smallest absolute Gasteiger partial charge is 0.271 e. The Morgan fingerprint density at radius 3 is 2.64 bits per heavy atom. The molecule has 2 N–H and O–H groups in total. The Bertz CT molecular complexity index is 530. The van der Waals surface area contributed by atoms with Gasteiger partial charge < -0.3 is 10.6 Å². The maximum Gasteiger partial charge on any atom is 0.271 e. The zero-order valence-corrected chi connectivity index (χ0v) is 13.7. The van der Waals surface area contributed by atoms with Gasteiger partial charge in [0, 0.05) is 19.5 Å². The van der Waals surface area contributed by atoms with Crippen LogP contribution in [0.3, 0.4) is 0 Å². The van der Waals surface area contributed by atoms with E-state index in [9.17, 15) is 9.59 Å². The molecule has 0 spiro atoms. The number of nitrogens with zero attached hydrogens (tertiary/aromatic N) is 2. The molecule has 1 aliphatic carbocycles. The van der Waals surface area contributed by atoms with E-state index in [1.165, 1.54) is 11.1 Å². The molecule has 1 heterocycles. The number of carbonyl (C=O) groups is 2. The quantitative estimate of drug-likeness (QED) is 0.876. The number of hydrogen-bond acceptors (Lipinski definition) is 3. The zero-order chi connectivity index (χ0) is 16.1. The Balaban J connectivity index is 2.05. The van der Waals surface area contributed by atoms with Gasteiger partial charge >= 0.3 is 0 Å². The summed E-state index contributed by atoms with van der Waals surface area (Å²) in [5.74, 6) is 0.233. The lowest BCUT2D eigenvalue weighted by Crippen LogP contribution is -2.31. The number of nitrogens with one attached hydrogen (secondary N) is 2. The van der Waals surface area contributed by atoms with E-state index in [0.717, 1.165) is 25.7 Å². The van der Waals surface area contributed by atoms with E-state index >= 15 is 0 Å². The van der Waals surface area contributed by atoms with Gasteiger partial charge in [-0.05, 0) is 18.8 Å². The molecule has 0 unspecified atom stereocenters. The summed E-state index contributed by atoms with van der Waals surface area (Å²) in [6.45, 7) is 4.67. The number of rotatable bonds is 5. The minimum Gasteiger partial charge on any atom is -0.350 e. The first-order valence-corrected chi connectivity index (χ1v) is 8.10. The van der Waals surface area contributed by atoms with Crippen LogP contribution in [0.25, 0.3) is 0 Å². The molecule has 0 saturated heterocycles. The molecule has 2 rings (SSSR count). The van der Waals surface area contributed by atoms with Gasteiger partial charge in [-0.3, -0.25) is 14.3 Å². The second-order valence-corrected chi connectivity index (χ2v) is 6.46. The minimum absolute atomic E-state index is 0.00519. The highest BCUT2D eigenvalue weighted by Gasteiger charge is 2.24. The summed E-state index contributed by atoms with van der Waals surface area (Å²) < 4.78 is 1.51. The molecular weight excluding hydrogens is 280 g/mol. The van der Waals surface area contributed by atoms with Crippen LogP contribution in [0.5, 0.6) is 0 Å². The molecule has 1 aromatic rings. The summed E-state index contributed by atoms with van der Waals surface area (Å²) in [6.07, 6.45) is 6.83. The molecule has 2 amide bonds. The Kier molecular flexibility index (Phi) is 5.57. The van der Waals surface area contributed by atoms with Gasteiger partial charge in [0.05, 0.1) is 11.9 Å². The van der Waals surface area contributed by atoms with Crippen LogP contribution in [0.15, 0.2) is 6.20 Å². The van der Waals surface area contributed by atoms with Crippen LogP contribution in [0, 0.1) is 11.8 Å². The van der Waals surface area contributed by atoms with Gasteiger partial charge in [-0.25, -0.2) is 0 Å². The van der Waals surface area contributed by atoms with E-state index in [1.54, 1.807) is 13.2 Å². The Hall–Kier alpha value is -1.85. The highest BCUT2D eigenvalue weighted by Crippen LogP contribution is 2.25. The predicted octanol–water partition coefficient (Wildman–Crippen LogP) is 2.32. The maximum absolute atomic E-state index is 12.3. The third-order valence-corrected chi connectivity index (χ3v) is 4.06. The van der Waals surface area contributed by atoms with Gasteiger partial charge in [0.1, 0.15) is 5.69 Å². The van der Waals surface area contributed by atoms with Crippen LogP contribution in [-0.2, 0) is 11.8 Å². The number of aryl methyl sites for hydroxylation is 1. The summed E-state index contributed by atoms with van der Waals surface area (Å²) in [7, 11) is 1.71. The van der Waals surface area contributed by atoms with Crippen molar-refractivity contribution in [3.63, 3.8) is 0 Å². The normalized spacial score (nSPS) is 15.8. The van der Waals surface area contributed by atoms with Gasteiger partial charge in [0.15, 0.2) is 0 Å². The van der Waals surface area contributed by atoms with Crippen LogP contribution in [0.4, 0.5) is 5.69 Å². The van der Waals surface area contributed by atoms with Gasteiger partial charge in [-0.2, -0.15) is 5.10 Å². The van der Waals surface area contributed by atoms with E-state index < -0.39 is 0 Å². The molecule has 1 aromatic heterocycles. The van der Waals surface area contributed by atoms with Crippen molar-refractivity contribution in [2.75, 3.05) is 11.9 Å².